The fraction of sp³-hybridized carbons (Fsp3) is 0.300. The number of carboxylic acid groups (broad SMARTS) is 1. The van der Waals surface area contributed by atoms with Crippen molar-refractivity contribution < 1.29 is 24.1 Å². The fourth-order valence-electron chi connectivity index (χ4n) is 1.12. The van der Waals surface area contributed by atoms with Gasteiger partial charge in [-0.3, -0.25) is 0 Å². The molecule has 0 fully saturated rings. The molecular weight excluding hydrogens is 280 g/mol. The zero-order chi connectivity index (χ0) is 12.1. The van der Waals surface area contributed by atoms with Crippen LogP contribution in [-0.4, -0.2) is 31.9 Å². The Morgan fingerprint density at radius 1 is 1.38 bits per heavy atom. The SMILES string of the molecule is COc1cc(OCC(=O)O)cc(Br)c1OC. The van der Waals surface area contributed by atoms with Gasteiger partial charge in [0.05, 0.1) is 18.7 Å². The van der Waals surface area contributed by atoms with Crippen LogP contribution in [0.2, 0.25) is 0 Å². The van der Waals surface area contributed by atoms with Crippen LogP contribution in [0.1, 0.15) is 0 Å². The standard InChI is InChI=1S/C10H11BrO5/c1-14-8-4-6(16-5-9(12)13)3-7(11)10(8)15-2/h3-4H,5H2,1-2H3,(H,12,13). The molecule has 88 valence electrons. The Hall–Kier alpha value is -1.43. The molecule has 0 bridgehead atoms. The molecule has 0 aromatic heterocycles. The summed E-state index contributed by atoms with van der Waals surface area (Å²) in [6.45, 7) is -0.401. The highest BCUT2D eigenvalue weighted by atomic mass is 79.9. The molecule has 1 aromatic rings. The molecule has 0 aliphatic heterocycles. The van der Waals surface area contributed by atoms with Gasteiger partial charge in [-0.2, -0.15) is 0 Å². The molecule has 16 heavy (non-hydrogen) atoms. The molecule has 0 unspecified atom stereocenters. The fourth-order valence-corrected chi connectivity index (χ4v) is 1.71. The lowest BCUT2D eigenvalue weighted by Gasteiger charge is -2.11. The summed E-state index contributed by atoms with van der Waals surface area (Å²) < 4.78 is 15.8. The van der Waals surface area contributed by atoms with Gasteiger partial charge in [-0.1, -0.05) is 0 Å². The highest BCUT2D eigenvalue weighted by Crippen LogP contribution is 2.38. The van der Waals surface area contributed by atoms with Crippen LogP contribution in [0.4, 0.5) is 0 Å². The first-order chi connectivity index (χ1) is 7.58. The van der Waals surface area contributed by atoms with E-state index in [1.54, 1.807) is 12.1 Å². The van der Waals surface area contributed by atoms with Crippen molar-refractivity contribution in [1.29, 1.82) is 0 Å². The molecule has 0 aliphatic rings. The van der Waals surface area contributed by atoms with Crippen molar-refractivity contribution in [3.63, 3.8) is 0 Å². The van der Waals surface area contributed by atoms with Crippen molar-refractivity contribution in [3.05, 3.63) is 16.6 Å². The minimum Gasteiger partial charge on any atom is -0.493 e. The summed E-state index contributed by atoms with van der Waals surface area (Å²) in [6.07, 6.45) is 0. The zero-order valence-corrected chi connectivity index (χ0v) is 10.4. The summed E-state index contributed by atoms with van der Waals surface area (Å²) in [6, 6.07) is 3.18. The molecule has 1 N–H and O–H groups in total. The van der Waals surface area contributed by atoms with Gasteiger partial charge in [-0.05, 0) is 22.0 Å². The van der Waals surface area contributed by atoms with Gasteiger partial charge >= 0.3 is 5.97 Å². The summed E-state index contributed by atoms with van der Waals surface area (Å²) in [5.74, 6) is 0.361. The monoisotopic (exact) mass is 290 g/mol. The Kier molecular flexibility index (Phi) is 4.42. The number of halogens is 1. The van der Waals surface area contributed by atoms with Crippen LogP contribution in [-0.2, 0) is 4.79 Å². The van der Waals surface area contributed by atoms with Crippen LogP contribution >= 0.6 is 15.9 Å². The molecule has 0 aliphatic carbocycles. The minimum atomic E-state index is -1.04. The highest BCUT2D eigenvalue weighted by molar-refractivity contribution is 9.10. The normalized spacial score (nSPS) is 9.69. The maximum absolute atomic E-state index is 10.3. The van der Waals surface area contributed by atoms with Crippen LogP contribution < -0.4 is 14.2 Å². The third-order valence-electron chi connectivity index (χ3n) is 1.77. The maximum Gasteiger partial charge on any atom is 0.341 e. The minimum absolute atomic E-state index is 0.395. The molecule has 0 saturated heterocycles. The molecule has 1 rings (SSSR count). The van der Waals surface area contributed by atoms with Crippen molar-refractivity contribution >= 4 is 21.9 Å². The highest BCUT2D eigenvalue weighted by Gasteiger charge is 2.11. The Morgan fingerprint density at radius 2 is 2.06 bits per heavy atom. The summed E-state index contributed by atoms with van der Waals surface area (Å²) in [4.78, 5) is 10.3. The molecule has 0 heterocycles. The van der Waals surface area contributed by atoms with Crippen LogP contribution in [0.25, 0.3) is 0 Å². The van der Waals surface area contributed by atoms with Crippen molar-refractivity contribution in [2.24, 2.45) is 0 Å². The van der Waals surface area contributed by atoms with E-state index in [0.717, 1.165) is 0 Å². The second kappa shape index (κ2) is 5.60. The first-order valence-corrected chi connectivity index (χ1v) is 5.14. The van der Waals surface area contributed by atoms with E-state index in [1.165, 1.54) is 14.2 Å². The van der Waals surface area contributed by atoms with Gasteiger partial charge in [0.1, 0.15) is 5.75 Å². The summed E-state index contributed by atoms with van der Waals surface area (Å²) >= 11 is 3.27. The van der Waals surface area contributed by atoms with Crippen molar-refractivity contribution in [2.45, 2.75) is 0 Å². The number of carboxylic acids is 1. The summed E-state index contributed by atoms with van der Waals surface area (Å²) in [5, 5.41) is 8.48. The Morgan fingerprint density at radius 3 is 2.56 bits per heavy atom. The summed E-state index contributed by atoms with van der Waals surface area (Å²) in [7, 11) is 3.01. The smallest absolute Gasteiger partial charge is 0.341 e. The topological polar surface area (TPSA) is 65.0 Å². The predicted octanol–water partition coefficient (Wildman–Crippen LogP) is 1.93. The van der Waals surface area contributed by atoms with Crippen LogP contribution in [0, 0.1) is 0 Å². The molecule has 0 saturated carbocycles. The third kappa shape index (κ3) is 3.03. The predicted molar refractivity (Wildman–Crippen MR) is 60.4 cm³/mol. The van der Waals surface area contributed by atoms with Crippen LogP contribution in [0.5, 0.6) is 17.2 Å². The van der Waals surface area contributed by atoms with E-state index < -0.39 is 12.6 Å². The summed E-state index contributed by atoms with van der Waals surface area (Å²) in [5.41, 5.74) is 0. The van der Waals surface area contributed by atoms with E-state index >= 15 is 0 Å². The van der Waals surface area contributed by atoms with Crippen molar-refractivity contribution in [1.82, 2.24) is 0 Å². The van der Waals surface area contributed by atoms with E-state index in [4.69, 9.17) is 19.3 Å². The van der Waals surface area contributed by atoms with Crippen LogP contribution in [0.15, 0.2) is 16.6 Å². The van der Waals surface area contributed by atoms with E-state index in [2.05, 4.69) is 15.9 Å². The zero-order valence-electron chi connectivity index (χ0n) is 8.82. The number of aliphatic carboxylic acids is 1. The van der Waals surface area contributed by atoms with Crippen molar-refractivity contribution in [3.8, 4) is 17.2 Å². The number of rotatable bonds is 5. The molecule has 0 spiro atoms. The van der Waals surface area contributed by atoms with Crippen LogP contribution in [0.3, 0.4) is 0 Å². The number of benzene rings is 1. The molecular formula is C10H11BrO5. The molecule has 6 heteroatoms. The van der Waals surface area contributed by atoms with Gasteiger partial charge in [0.25, 0.3) is 0 Å². The Balaban J connectivity index is 2.96. The van der Waals surface area contributed by atoms with E-state index in [1.807, 2.05) is 0 Å². The Bertz CT molecular complexity index is 391. The van der Waals surface area contributed by atoms with Gasteiger partial charge in [-0.15, -0.1) is 0 Å². The van der Waals surface area contributed by atoms with Gasteiger partial charge < -0.3 is 19.3 Å². The van der Waals surface area contributed by atoms with Gasteiger partial charge in [-0.25, -0.2) is 4.79 Å². The average molecular weight is 291 g/mol. The third-order valence-corrected chi connectivity index (χ3v) is 2.36. The first kappa shape index (κ1) is 12.6. The number of methoxy groups -OCH3 is 2. The number of carbonyl (C=O) groups is 1. The first-order valence-electron chi connectivity index (χ1n) is 4.34. The van der Waals surface area contributed by atoms with E-state index in [-0.39, 0.29) is 0 Å². The molecule has 1 aromatic carbocycles. The lowest BCUT2D eigenvalue weighted by molar-refractivity contribution is -0.139. The molecule has 5 nitrogen and oxygen atoms in total. The quantitative estimate of drug-likeness (QED) is 0.898. The number of ether oxygens (including phenoxy) is 3. The number of hydrogen-bond acceptors (Lipinski definition) is 4. The average Bonchev–Trinajstić information content (AvgIpc) is 2.25. The maximum atomic E-state index is 10.3. The lowest BCUT2D eigenvalue weighted by Crippen LogP contribution is -2.09. The second-order valence-corrected chi connectivity index (χ2v) is 3.68. The van der Waals surface area contributed by atoms with E-state index in [0.29, 0.717) is 21.7 Å². The molecule has 0 atom stereocenters. The van der Waals surface area contributed by atoms with Gasteiger partial charge in [0.2, 0.25) is 0 Å². The lowest BCUT2D eigenvalue weighted by atomic mass is 10.3. The molecule has 0 radical (unpaired) electrons. The Labute approximate surface area is 101 Å². The number of hydrogen-bond donors (Lipinski definition) is 1. The molecule has 0 amide bonds. The second-order valence-electron chi connectivity index (χ2n) is 2.82. The van der Waals surface area contributed by atoms with Gasteiger partial charge in [0.15, 0.2) is 18.1 Å². The van der Waals surface area contributed by atoms with Crippen molar-refractivity contribution in [2.75, 3.05) is 20.8 Å². The largest absolute Gasteiger partial charge is 0.493 e. The van der Waals surface area contributed by atoms with E-state index in [9.17, 15) is 4.79 Å². The van der Waals surface area contributed by atoms with Gasteiger partial charge in [0, 0.05) is 6.07 Å².